The second kappa shape index (κ2) is 7.08. The molecule has 2 rings (SSSR count). The van der Waals surface area contributed by atoms with Crippen LogP contribution in [0.15, 0.2) is 47.0 Å². The molecule has 0 fully saturated rings. The Morgan fingerprint density at radius 1 is 1.17 bits per heavy atom. The summed E-state index contributed by atoms with van der Waals surface area (Å²) >= 11 is 1.47. The summed E-state index contributed by atoms with van der Waals surface area (Å²) in [7, 11) is 0. The number of hydrogen-bond donors (Lipinski definition) is 1. The van der Waals surface area contributed by atoms with Gasteiger partial charge >= 0.3 is 0 Å². The van der Waals surface area contributed by atoms with E-state index in [4.69, 9.17) is 0 Å². The van der Waals surface area contributed by atoms with Crippen molar-refractivity contribution in [3.8, 4) is 0 Å². The molecule has 2 heterocycles. The third-order valence-corrected chi connectivity index (χ3v) is 3.14. The van der Waals surface area contributed by atoms with Gasteiger partial charge in [0.1, 0.15) is 5.03 Å². The normalized spacial score (nSPS) is 10.5. The van der Waals surface area contributed by atoms with Crippen LogP contribution < -0.4 is 5.32 Å². The van der Waals surface area contributed by atoms with Crippen LogP contribution in [0.1, 0.15) is 18.9 Å². The van der Waals surface area contributed by atoms with E-state index < -0.39 is 0 Å². The van der Waals surface area contributed by atoms with Gasteiger partial charge in [0.05, 0.1) is 0 Å². The standard InChI is InChI=1S/C13H16N4S/c1-2-6-14-9-11-4-5-12(17-10-11)18-13-15-7-3-8-16-13/h3-5,7-8,10,14H,2,6,9H2,1H3. The van der Waals surface area contributed by atoms with Gasteiger partial charge in [-0.3, -0.25) is 0 Å². The van der Waals surface area contributed by atoms with Gasteiger partial charge in [-0.05, 0) is 42.4 Å². The Morgan fingerprint density at radius 2 is 2.00 bits per heavy atom. The second-order valence-corrected chi connectivity index (χ2v) is 4.80. The molecule has 0 saturated heterocycles. The van der Waals surface area contributed by atoms with Crippen molar-refractivity contribution in [2.24, 2.45) is 0 Å². The van der Waals surface area contributed by atoms with Crippen LogP contribution in [0.5, 0.6) is 0 Å². The van der Waals surface area contributed by atoms with Gasteiger partial charge in [-0.15, -0.1) is 0 Å². The first kappa shape index (κ1) is 13.0. The average molecular weight is 260 g/mol. The van der Waals surface area contributed by atoms with Crippen molar-refractivity contribution < 1.29 is 0 Å². The molecule has 0 aliphatic rings. The lowest BCUT2D eigenvalue weighted by Gasteiger charge is -2.03. The molecule has 5 heteroatoms. The lowest BCUT2D eigenvalue weighted by Crippen LogP contribution is -2.13. The van der Waals surface area contributed by atoms with Crippen molar-refractivity contribution in [3.63, 3.8) is 0 Å². The molecule has 0 spiro atoms. The first-order valence-corrected chi connectivity index (χ1v) is 6.80. The van der Waals surface area contributed by atoms with Crippen molar-refractivity contribution in [1.29, 1.82) is 0 Å². The quantitative estimate of drug-likeness (QED) is 0.639. The van der Waals surface area contributed by atoms with Crippen LogP contribution in [0, 0.1) is 0 Å². The van der Waals surface area contributed by atoms with E-state index in [1.54, 1.807) is 18.5 Å². The molecule has 0 unspecified atom stereocenters. The smallest absolute Gasteiger partial charge is 0.193 e. The first-order chi connectivity index (χ1) is 8.88. The van der Waals surface area contributed by atoms with Crippen molar-refractivity contribution >= 4 is 11.8 Å². The van der Waals surface area contributed by atoms with Gasteiger partial charge in [0.15, 0.2) is 5.16 Å². The Bertz CT molecular complexity index is 458. The average Bonchev–Trinajstić information content (AvgIpc) is 2.42. The minimum Gasteiger partial charge on any atom is -0.313 e. The number of aromatic nitrogens is 3. The maximum absolute atomic E-state index is 4.40. The van der Waals surface area contributed by atoms with Crippen molar-refractivity contribution in [1.82, 2.24) is 20.3 Å². The maximum Gasteiger partial charge on any atom is 0.193 e. The summed E-state index contributed by atoms with van der Waals surface area (Å²) in [6, 6.07) is 5.89. The molecule has 0 amide bonds. The molecule has 0 aromatic carbocycles. The van der Waals surface area contributed by atoms with Crippen LogP contribution in [0.2, 0.25) is 0 Å². The number of nitrogens with one attached hydrogen (secondary N) is 1. The number of rotatable bonds is 6. The van der Waals surface area contributed by atoms with Crippen LogP contribution in [-0.2, 0) is 6.54 Å². The molecule has 2 aromatic heterocycles. The van der Waals surface area contributed by atoms with Crippen LogP contribution in [0.25, 0.3) is 0 Å². The van der Waals surface area contributed by atoms with E-state index in [2.05, 4.69) is 33.3 Å². The topological polar surface area (TPSA) is 50.7 Å². The molecule has 0 radical (unpaired) electrons. The molecule has 4 nitrogen and oxygen atoms in total. The predicted molar refractivity (Wildman–Crippen MR) is 72.4 cm³/mol. The SMILES string of the molecule is CCCNCc1ccc(Sc2ncccn2)nc1. The highest BCUT2D eigenvalue weighted by Crippen LogP contribution is 2.21. The molecule has 1 N–H and O–H groups in total. The van der Waals surface area contributed by atoms with Gasteiger partial charge in [0, 0.05) is 25.1 Å². The summed E-state index contributed by atoms with van der Waals surface area (Å²) in [4.78, 5) is 12.7. The van der Waals surface area contributed by atoms with Crippen molar-refractivity contribution in [3.05, 3.63) is 42.4 Å². The molecule has 0 aliphatic carbocycles. The molecule has 18 heavy (non-hydrogen) atoms. The van der Waals surface area contributed by atoms with E-state index in [0.717, 1.165) is 29.7 Å². The van der Waals surface area contributed by atoms with E-state index in [1.165, 1.54) is 17.3 Å². The molecular formula is C13H16N4S. The monoisotopic (exact) mass is 260 g/mol. The largest absolute Gasteiger partial charge is 0.313 e. The Balaban J connectivity index is 1.91. The van der Waals surface area contributed by atoms with Crippen LogP contribution in [-0.4, -0.2) is 21.5 Å². The van der Waals surface area contributed by atoms with Crippen LogP contribution in [0.4, 0.5) is 0 Å². The maximum atomic E-state index is 4.40. The summed E-state index contributed by atoms with van der Waals surface area (Å²) in [6.45, 7) is 4.06. The number of hydrogen-bond acceptors (Lipinski definition) is 5. The van der Waals surface area contributed by atoms with E-state index in [-0.39, 0.29) is 0 Å². The van der Waals surface area contributed by atoms with Crippen molar-refractivity contribution in [2.75, 3.05) is 6.54 Å². The van der Waals surface area contributed by atoms with Gasteiger partial charge in [0.2, 0.25) is 0 Å². The van der Waals surface area contributed by atoms with Crippen LogP contribution in [0.3, 0.4) is 0 Å². The summed E-state index contributed by atoms with van der Waals surface area (Å²) in [5.74, 6) is 0. The second-order valence-electron chi connectivity index (χ2n) is 3.81. The summed E-state index contributed by atoms with van der Waals surface area (Å²) < 4.78 is 0. The van der Waals surface area contributed by atoms with Crippen molar-refractivity contribution in [2.45, 2.75) is 30.1 Å². The van der Waals surface area contributed by atoms with Gasteiger partial charge in [0.25, 0.3) is 0 Å². The highest BCUT2D eigenvalue weighted by atomic mass is 32.2. The third-order valence-electron chi connectivity index (χ3n) is 2.29. The Hall–Kier alpha value is -1.46. The van der Waals surface area contributed by atoms with E-state index in [1.807, 2.05) is 12.3 Å². The van der Waals surface area contributed by atoms with Gasteiger partial charge < -0.3 is 5.32 Å². The number of pyridine rings is 1. The van der Waals surface area contributed by atoms with E-state index in [9.17, 15) is 0 Å². The summed E-state index contributed by atoms with van der Waals surface area (Å²) in [5, 5.41) is 4.99. The van der Waals surface area contributed by atoms with Gasteiger partial charge in [-0.25, -0.2) is 15.0 Å². The number of nitrogens with zero attached hydrogens (tertiary/aromatic N) is 3. The highest BCUT2D eigenvalue weighted by Gasteiger charge is 2.01. The zero-order valence-electron chi connectivity index (χ0n) is 10.3. The fourth-order valence-corrected chi connectivity index (χ4v) is 2.07. The fraction of sp³-hybridized carbons (Fsp3) is 0.308. The minimum atomic E-state index is 0.724. The Labute approximate surface area is 111 Å². The molecule has 0 bridgehead atoms. The summed E-state index contributed by atoms with van der Waals surface area (Å²) in [5.41, 5.74) is 1.20. The zero-order valence-corrected chi connectivity index (χ0v) is 11.2. The zero-order chi connectivity index (χ0) is 12.6. The molecule has 0 atom stereocenters. The molecule has 94 valence electrons. The molecular weight excluding hydrogens is 244 g/mol. The Morgan fingerprint density at radius 3 is 2.67 bits per heavy atom. The molecule has 0 aliphatic heterocycles. The fourth-order valence-electron chi connectivity index (χ4n) is 1.42. The molecule has 2 aromatic rings. The predicted octanol–water partition coefficient (Wildman–Crippen LogP) is 2.52. The highest BCUT2D eigenvalue weighted by molar-refractivity contribution is 7.99. The minimum absolute atomic E-state index is 0.724. The van der Waals surface area contributed by atoms with Gasteiger partial charge in [-0.2, -0.15) is 0 Å². The van der Waals surface area contributed by atoms with Gasteiger partial charge in [-0.1, -0.05) is 13.0 Å². The van der Waals surface area contributed by atoms with Crippen LogP contribution >= 0.6 is 11.8 Å². The Kier molecular flexibility index (Phi) is 5.11. The lowest BCUT2D eigenvalue weighted by atomic mass is 10.3. The third kappa shape index (κ3) is 4.09. The molecule has 0 saturated carbocycles. The lowest BCUT2D eigenvalue weighted by molar-refractivity contribution is 0.673. The summed E-state index contributed by atoms with van der Waals surface area (Å²) in [6.07, 6.45) is 6.51. The first-order valence-electron chi connectivity index (χ1n) is 5.99. The van der Waals surface area contributed by atoms with E-state index >= 15 is 0 Å². The van der Waals surface area contributed by atoms with E-state index in [0.29, 0.717) is 0 Å².